The van der Waals surface area contributed by atoms with Gasteiger partial charge in [0, 0.05) is 12.7 Å². The monoisotopic (exact) mass is 313 g/mol. The highest BCUT2D eigenvalue weighted by atomic mass is 15.3. The summed E-state index contributed by atoms with van der Waals surface area (Å²) in [4.78, 5) is 4.65. The van der Waals surface area contributed by atoms with Crippen molar-refractivity contribution in [2.45, 2.75) is 40.3 Å². The SMILES string of the molecule is CCNC(=NCCn1cc(C)cn1)NC(C)c1ccccc1C. The summed E-state index contributed by atoms with van der Waals surface area (Å²) in [5.74, 6) is 0.840. The number of benzene rings is 1. The summed E-state index contributed by atoms with van der Waals surface area (Å²) in [6.07, 6.45) is 3.90. The van der Waals surface area contributed by atoms with Gasteiger partial charge >= 0.3 is 0 Å². The zero-order valence-corrected chi connectivity index (χ0v) is 14.5. The second-order valence-electron chi connectivity index (χ2n) is 5.76. The van der Waals surface area contributed by atoms with Crippen molar-refractivity contribution >= 4 is 5.96 Å². The lowest BCUT2D eigenvalue weighted by Crippen LogP contribution is -2.39. The fourth-order valence-corrected chi connectivity index (χ4v) is 2.53. The van der Waals surface area contributed by atoms with Crippen LogP contribution in [0.3, 0.4) is 0 Å². The van der Waals surface area contributed by atoms with Crippen LogP contribution in [0.2, 0.25) is 0 Å². The molecule has 0 saturated heterocycles. The molecule has 1 aromatic carbocycles. The van der Waals surface area contributed by atoms with Gasteiger partial charge in [-0.2, -0.15) is 5.10 Å². The van der Waals surface area contributed by atoms with Crippen LogP contribution in [0.1, 0.15) is 36.6 Å². The molecule has 5 nitrogen and oxygen atoms in total. The van der Waals surface area contributed by atoms with Gasteiger partial charge in [-0.1, -0.05) is 24.3 Å². The van der Waals surface area contributed by atoms with Gasteiger partial charge in [0.15, 0.2) is 5.96 Å². The van der Waals surface area contributed by atoms with E-state index < -0.39 is 0 Å². The average molecular weight is 313 g/mol. The van der Waals surface area contributed by atoms with E-state index in [4.69, 9.17) is 0 Å². The number of rotatable bonds is 6. The average Bonchev–Trinajstić information content (AvgIpc) is 2.93. The molecule has 1 unspecified atom stereocenters. The number of nitrogens with zero attached hydrogens (tertiary/aromatic N) is 3. The van der Waals surface area contributed by atoms with E-state index in [9.17, 15) is 0 Å². The van der Waals surface area contributed by atoms with Crippen molar-refractivity contribution in [1.82, 2.24) is 20.4 Å². The summed E-state index contributed by atoms with van der Waals surface area (Å²) in [6, 6.07) is 8.64. The highest BCUT2D eigenvalue weighted by Gasteiger charge is 2.09. The summed E-state index contributed by atoms with van der Waals surface area (Å²) < 4.78 is 1.92. The molecule has 0 aliphatic rings. The Hall–Kier alpha value is -2.30. The summed E-state index contributed by atoms with van der Waals surface area (Å²) in [6.45, 7) is 10.7. The number of aryl methyl sites for hydroxylation is 2. The maximum Gasteiger partial charge on any atom is 0.191 e. The second kappa shape index (κ2) is 8.36. The minimum absolute atomic E-state index is 0.209. The summed E-state index contributed by atoms with van der Waals surface area (Å²) in [5, 5.41) is 11.1. The van der Waals surface area contributed by atoms with E-state index in [1.54, 1.807) is 0 Å². The fourth-order valence-electron chi connectivity index (χ4n) is 2.53. The van der Waals surface area contributed by atoms with Crippen LogP contribution in [0, 0.1) is 13.8 Å². The summed E-state index contributed by atoms with van der Waals surface area (Å²) >= 11 is 0. The summed E-state index contributed by atoms with van der Waals surface area (Å²) in [7, 11) is 0. The molecule has 5 heteroatoms. The maximum absolute atomic E-state index is 4.65. The molecule has 1 heterocycles. The number of aromatic nitrogens is 2. The Morgan fingerprint density at radius 2 is 2.09 bits per heavy atom. The predicted molar refractivity (Wildman–Crippen MR) is 95.7 cm³/mol. The van der Waals surface area contributed by atoms with Crippen LogP contribution < -0.4 is 10.6 Å². The van der Waals surface area contributed by atoms with Crippen molar-refractivity contribution in [1.29, 1.82) is 0 Å². The van der Waals surface area contributed by atoms with E-state index in [1.165, 1.54) is 16.7 Å². The van der Waals surface area contributed by atoms with Crippen molar-refractivity contribution in [3.05, 3.63) is 53.3 Å². The van der Waals surface area contributed by atoms with Crippen LogP contribution in [0.5, 0.6) is 0 Å². The Bertz CT molecular complexity index is 644. The van der Waals surface area contributed by atoms with Crippen LogP contribution in [0.4, 0.5) is 0 Å². The van der Waals surface area contributed by atoms with Crippen molar-refractivity contribution in [3.63, 3.8) is 0 Å². The Morgan fingerprint density at radius 1 is 1.30 bits per heavy atom. The molecule has 0 fully saturated rings. The quantitative estimate of drug-likeness (QED) is 0.637. The first-order valence-electron chi connectivity index (χ1n) is 8.19. The molecule has 0 bridgehead atoms. The molecule has 23 heavy (non-hydrogen) atoms. The van der Waals surface area contributed by atoms with Crippen molar-refractivity contribution in [2.24, 2.45) is 4.99 Å². The summed E-state index contributed by atoms with van der Waals surface area (Å²) in [5.41, 5.74) is 3.75. The third kappa shape index (κ3) is 5.13. The number of hydrogen-bond acceptors (Lipinski definition) is 2. The highest BCUT2D eigenvalue weighted by Crippen LogP contribution is 2.16. The fraction of sp³-hybridized carbons (Fsp3) is 0.444. The van der Waals surface area contributed by atoms with Gasteiger partial charge in [-0.25, -0.2) is 0 Å². The molecular weight excluding hydrogens is 286 g/mol. The first-order chi connectivity index (χ1) is 11.1. The molecule has 2 aromatic rings. The molecule has 0 spiro atoms. The Morgan fingerprint density at radius 3 is 2.74 bits per heavy atom. The molecule has 0 aliphatic carbocycles. The van der Waals surface area contributed by atoms with Gasteiger partial charge in [-0.15, -0.1) is 0 Å². The third-order valence-corrected chi connectivity index (χ3v) is 3.71. The van der Waals surface area contributed by atoms with E-state index in [0.717, 1.165) is 19.0 Å². The van der Waals surface area contributed by atoms with Crippen LogP contribution in [0.25, 0.3) is 0 Å². The molecule has 0 amide bonds. The smallest absolute Gasteiger partial charge is 0.191 e. The number of hydrogen-bond donors (Lipinski definition) is 2. The lowest BCUT2D eigenvalue weighted by atomic mass is 10.0. The van der Waals surface area contributed by atoms with Crippen LogP contribution in [-0.4, -0.2) is 28.8 Å². The van der Waals surface area contributed by atoms with E-state index in [-0.39, 0.29) is 6.04 Å². The number of nitrogens with one attached hydrogen (secondary N) is 2. The zero-order valence-electron chi connectivity index (χ0n) is 14.5. The molecule has 124 valence electrons. The highest BCUT2D eigenvalue weighted by molar-refractivity contribution is 5.80. The van der Waals surface area contributed by atoms with Crippen molar-refractivity contribution < 1.29 is 0 Å². The topological polar surface area (TPSA) is 54.2 Å². The minimum Gasteiger partial charge on any atom is -0.357 e. The third-order valence-electron chi connectivity index (χ3n) is 3.71. The standard InChI is InChI=1S/C18H27N5/c1-5-19-18(20-10-11-23-13-14(2)12-21-23)22-16(4)17-9-7-6-8-15(17)3/h6-9,12-13,16H,5,10-11H2,1-4H3,(H2,19,20,22). The number of guanidine groups is 1. The Kier molecular flexibility index (Phi) is 6.20. The normalized spacial score (nSPS) is 13.0. The minimum atomic E-state index is 0.209. The lowest BCUT2D eigenvalue weighted by Gasteiger charge is -2.19. The van der Waals surface area contributed by atoms with Crippen molar-refractivity contribution in [2.75, 3.05) is 13.1 Å². The van der Waals surface area contributed by atoms with Gasteiger partial charge in [0.25, 0.3) is 0 Å². The molecule has 1 aromatic heterocycles. The molecular formula is C18H27N5. The van der Waals surface area contributed by atoms with E-state index in [2.05, 4.69) is 65.8 Å². The van der Waals surface area contributed by atoms with E-state index in [1.807, 2.05) is 24.0 Å². The van der Waals surface area contributed by atoms with Crippen LogP contribution in [0.15, 0.2) is 41.7 Å². The molecule has 0 radical (unpaired) electrons. The van der Waals surface area contributed by atoms with E-state index >= 15 is 0 Å². The van der Waals surface area contributed by atoms with Crippen molar-refractivity contribution in [3.8, 4) is 0 Å². The molecule has 0 aliphatic heterocycles. The molecule has 2 rings (SSSR count). The number of aliphatic imine (C=N–C) groups is 1. The van der Waals surface area contributed by atoms with Gasteiger partial charge < -0.3 is 10.6 Å². The molecule has 1 atom stereocenters. The van der Waals surface area contributed by atoms with Crippen LogP contribution in [-0.2, 0) is 6.54 Å². The van der Waals surface area contributed by atoms with Crippen LogP contribution >= 0.6 is 0 Å². The lowest BCUT2D eigenvalue weighted by molar-refractivity contribution is 0.617. The van der Waals surface area contributed by atoms with Gasteiger partial charge in [-0.3, -0.25) is 9.67 Å². The van der Waals surface area contributed by atoms with E-state index in [0.29, 0.717) is 6.54 Å². The van der Waals surface area contributed by atoms with Gasteiger partial charge in [0.1, 0.15) is 0 Å². The predicted octanol–water partition coefficient (Wildman–Crippen LogP) is 2.82. The van der Waals surface area contributed by atoms with Gasteiger partial charge in [0.2, 0.25) is 0 Å². The Balaban J connectivity index is 1.97. The largest absolute Gasteiger partial charge is 0.357 e. The zero-order chi connectivity index (χ0) is 16.7. The van der Waals surface area contributed by atoms with Gasteiger partial charge in [-0.05, 0) is 44.4 Å². The van der Waals surface area contributed by atoms with Gasteiger partial charge in [0.05, 0.1) is 25.3 Å². The molecule has 2 N–H and O–H groups in total. The Labute approximate surface area is 138 Å². The molecule has 0 saturated carbocycles. The first-order valence-corrected chi connectivity index (χ1v) is 8.19. The maximum atomic E-state index is 4.65. The first kappa shape index (κ1) is 17.1. The second-order valence-corrected chi connectivity index (χ2v) is 5.76.